The van der Waals surface area contributed by atoms with Gasteiger partial charge in [0.25, 0.3) is 0 Å². The van der Waals surface area contributed by atoms with Crippen molar-refractivity contribution in [1.29, 1.82) is 0 Å². The van der Waals surface area contributed by atoms with Crippen LogP contribution in [0, 0.1) is 0 Å². The second-order valence-electron chi connectivity index (χ2n) is 6.37. The topological polar surface area (TPSA) is 32.3 Å². The van der Waals surface area contributed by atoms with Crippen LogP contribution in [0.5, 0.6) is 0 Å². The van der Waals surface area contributed by atoms with Crippen LogP contribution in [-0.2, 0) is 11.3 Å². The normalized spacial score (nSPS) is 12.6. The maximum Gasteiger partial charge on any atom is 0.234 e. The average molecular weight is 330 g/mol. The number of likely N-dealkylation sites (N-methyl/N-ethyl adjacent to an activating group) is 1. The lowest BCUT2D eigenvalue weighted by molar-refractivity contribution is -0.122. The van der Waals surface area contributed by atoms with Gasteiger partial charge in [0, 0.05) is 11.4 Å². The van der Waals surface area contributed by atoms with Crippen LogP contribution in [0.3, 0.4) is 0 Å². The molecule has 1 amide bonds. The van der Waals surface area contributed by atoms with E-state index in [0.29, 0.717) is 12.5 Å². The van der Waals surface area contributed by atoms with E-state index in [0.717, 1.165) is 6.54 Å². The van der Waals surface area contributed by atoms with Crippen molar-refractivity contribution in [2.24, 2.45) is 0 Å². The van der Waals surface area contributed by atoms with Crippen molar-refractivity contribution in [2.45, 2.75) is 39.3 Å². The molecule has 1 N–H and O–H groups in total. The van der Waals surface area contributed by atoms with Gasteiger partial charge in [0.2, 0.25) is 5.91 Å². The number of nitrogens with zero attached hydrogens (tertiary/aromatic N) is 1. The molecule has 0 spiro atoms. The van der Waals surface area contributed by atoms with Crippen LogP contribution in [0.4, 0.5) is 0 Å². The number of amides is 1. The summed E-state index contributed by atoms with van der Waals surface area (Å²) in [4.78, 5) is 15.4. The third-order valence-corrected chi connectivity index (χ3v) is 4.91. The van der Waals surface area contributed by atoms with E-state index in [1.165, 1.54) is 16.0 Å². The van der Waals surface area contributed by atoms with Gasteiger partial charge in [-0.2, -0.15) is 0 Å². The molecule has 2 aromatic rings. The van der Waals surface area contributed by atoms with Crippen molar-refractivity contribution in [1.82, 2.24) is 10.2 Å². The molecule has 23 heavy (non-hydrogen) atoms. The first kappa shape index (κ1) is 17.7. The van der Waals surface area contributed by atoms with E-state index >= 15 is 0 Å². The van der Waals surface area contributed by atoms with Crippen molar-refractivity contribution in [3.05, 3.63) is 57.8 Å². The van der Waals surface area contributed by atoms with E-state index in [-0.39, 0.29) is 11.9 Å². The fourth-order valence-corrected chi connectivity index (χ4v) is 3.25. The summed E-state index contributed by atoms with van der Waals surface area (Å²) in [5.41, 5.74) is 2.58. The Morgan fingerprint density at radius 1 is 1.17 bits per heavy atom. The van der Waals surface area contributed by atoms with Crippen molar-refractivity contribution < 1.29 is 4.79 Å². The second-order valence-corrected chi connectivity index (χ2v) is 7.35. The number of hydrogen-bond acceptors (Lipinski definition) is 3. The van der Waals surface area contributed by atoms with E-state index in [1.807, 2.05) is 30.3 Å². The molecule has 0 radical (unpaired) electrons. The minimum atomic E-state index is 0.0622. The molecule has 0 fully saturated rings. The molecule has 1 aromatic heterocycles. The van der Waals surface area contributed by atoms with E-state index in [2.05, 4.69) is 49.5 Å². The maximum absolute atomic E-state index is 12.1. The molecular weight excluding hydrogens is 304 g/mol. The molecule has 1 heterocycles. The zero-order valence-electron chi connectivity index (χ0n) is 14.4. The molecule has 0 saturated carbocycles. The van der Waals surface area contributed by atoms with Gasteiger partial charge in [-0.05, 0) is 42.5 Å². The van der Waals surface area contributed by atoms with E-state index in [4.69, 9.17) is 0 Å². The number of benzene rings is 1. The zero-order chi connectivity index (χ0) is 16.8. The molecular formula is C19H26N2OS. The molecule has 0 aliphatic heterocycles. The Balaban J connectivity index is 1.81. The number of nitrogens with one attached hydrogen (secondary N) is 1. The Kier molecular flexibility index (Phi) is 6.37. The third-order valence-electron chi connectivity index (χ3n) is 3.86. The molecule has 0 saturated heterocycles. The van der Waals surface area contributed by atoms with Gasteiger partial charge < -0.3 is 5.32 Å². The first-order valence-electron chi connectivity index (χ1n) is 8.06. The summed E-state index contributed by atoms with van der Waals surface area (Å²) >= 11 is 1.67. The van der Waals surface area contributed by atoms with Gasteiger partial charge in [-0.1, -0.05) is 44.2 Å². The van der Waals surface area contributed by atoms with Gasteiger partial charge in [-0.25, -0.2) is 0 Å². The highest BCUT2D eigenvalue weighted by Gasteiger charge is 2.12. The zero-order valence-corrected chi connectivity index (χ0v) is 15.2. The molecule has 0 unspecified atom stereocenters. The molecule has 0 bridgehead atoms. The third kappa shape index (κ3) is 5.48. The monoisotopic (exact) mass is 330 g/mol. The largest absolute Gasteiger partial charge is 0.348 e. The first-order valence-corrected chi connectivity index (χ1v) is 8.94. The molecule has 3 nitrogen and oxygen atoms in total. The summed E-state index contributed by atoms with van der Waals surface area (Å²) in [6.07, 6.45) is 0. The summed E-state index contributed by atoms with van der Waals surface area (Å²) in [5, 5.41) is 5.09. The summed E-state index contributed by atoms with van der Waals surface area (Å²) in [6.45, 7) is 7.59. The van der Waals surface area contributed by atoms with Gasteiger partial charge in [0.15, 0.2) is 0 Å². The quantitative estimate of drug-likeness (QED) is 0.826. The SMILES string of the molecule is CC(C)c1ccc(CN(C)CC(=O)N[C@H](C)c2cccs2)cc1. The van der Waals surface area contributed by atoms with Crippen molar-refractivity contribution >= 4 is 17.2 Å². The highest BCUT2D eigenvalue weighted by Crippen LogP contribution is 2.18. The average Bonchev–Trinajstić information content (AvgIpc) is 3.01. The number of carbonyl (C=O) groups is 1. The summed E-state index contributed by atoms with van der Waals surface area (Å²) in [6, 6.07) is 12.8. The number of carbonyl (C=O) groups excluding carboxylic acids is 1. The Morgan fingerprint density at radius 2 is 1.87 bits per heavy atom. The lowest BCUT2D eigenvalue weighted by Gasteiger charge is -2.19. The molecule has 0 aliphatic rings. The Labute approximate surface area is 143 Å². The van der Waals surface area contributed by atoms with Crippen molar-refractivity contribution in [3.63, 3.8) is 0 Å². The van der Waals surface area contributed by atoms with Crippen LogP contribution < -0.4 is 5.32 Å². The number of rotatable bonds is 7. The molecule has 1 aromatic carbocycles. The summed E-state index contributed by atoms with van der Waals surface area (Å²) < 4.78 is 0. The summed E-state index contributed by atoms with van der Waals surface area (Å²) in [5.74, 6) is 0.610. The highest BCUT2D eigenvalue weighted by molar-refractivity contribution is 7.10. The highest BCUT2D eigenvalue weighted by atomic mass is 32.1. The van der Waals surface area contributed by atoms with Crippen LogP contribution in [0.15, 0.2) is 41.8 Å². The minimum Gasteiger partial charge on any atom is -0.348 e. The Bertz CT molecular complexity index is 605. The Morgan fingerprint density at radius 3 is 2.43 bits per heavy atom. The number of hydrogen-bond donors (Lipinski definition) is 1. The maximum atomic E-state index is 12.1. The van der Waals surface area contributed by atoms with Gasteiger partial charge in [-0.3, -0.25) is 9.69 Å². The lowest BCUT2D eigenvalue weighted by Crippen LogP contribution is -2.36. The smallest absolute Gasteiger partial charge is 0.234 e. The predicted molar refractivity (Wildman–Crippen MR) is 97.7 cm³/mol. The van der Waals surface area contributed by atoms with Gasteiger partial charge in [0.1, 0.15) is 0 Å². The van der Waals surface area contributed by atoms with Crippen LogP contribution >= 0.6 is 11.3 Å². The van der Waals surface area contributed by atoms with E-state index in [9.17, 15) is 4.79 Å². The first-order chi connectivity index (χ1) is 11.0. The number of thiophene rings is 1. The fourth-order valence-electron chi connectivity index (χ4n) is 2.52. The predicted octanol–water partition coefficient (Wildman–Crippen LogP) is 4.18. The van der Waals surface area contributed by atoms with Gasteiger partial charge >= 0.3 is 0 Å². The van der Waals surface area contributed by atoms with Gasteiger partial charge in [0.05, 0.1) is 12.6 Å². The lowest BCUT2D eigenvalue weighted by atomic mass is 10.0. The van der Waals surface area contributed by atoms with Crippen LogP contribution in [0.1, 0.15) is 48.7 Å². The van der Waals surface area contributed by atoms with E-state index in [1.54, 1.807) is 11.3 Å². The van der Waals surface area contributed by atoms with Crippen LogP contribution in [-0.4, -0.2) is 24.4 Å². The van der Waals surface area contributed by atoms with Crippen molar-refractivity contribution in [2.75, 3.05) is 13.6 Å². The molecule has 124 valence electrons. The molecule has 4 heteroatoms. The van der Waals surface area contributed by atoms with Crippen molar-refractivity contribution in [3.8, 4) is 0 Å². The minimum absolute atomic E-state index is 0.0622. The van der Waals surface area contributed by atoms with Gasteiger partial charge in [-0.15, -0.1) is 11.3 Å². The molecule has 2 rings (SSSR count). The molecule has 1 atom stereocenters. The summed E-state index contributed by atoms with van der Waals surface area (Å²) in [7, 11) is 1.98. The second kappa shape index (κ2) is 8.27. The van der Waals surface area contributed by atoms with E-state index < -0.39 is 0 Å². The molecule has 0 aliphatic carbocycles. The van der Waals surface area contributed by atoms with Crippen LogP contribution in [0.25, 0.3) is 0 Å². The Hall–Kier alpha value is -1.65. The standard InChI is InChI=1S/C19H26N2OS/c1-14(2)17-9-7-16(8-10-17)12-21(4)13-19(22)20-15(3)18-6-5-11-23-18/h5-11,14-15H,12-13H2,1-4H3,(H,20,22)/t15-/m1/s1. The van der Waals surface area contributed by atoms with Crippen LogP contribution in [0.2, 0.25) is 0 Å². The fraction of sp³-hybridized carbons (Fsp3) is 0.421.